The third-order valence-corrected chi connectivity index (χ3v) is 3.08. The van der Waals surface area contributed by atoms with Gasteiger partial charge in [0.25, 0.3) is 0 Å². The van der Waals surface area contributed by atoms with Crippen molar-refractivity contribution in [1.82, 2.24) is 0 Å². The second-order valence-electron chi connectivity index (χ2n) is 4.65. The van der Waals surface area contributed by atoms with Crippen molar-refractivity contribution in [2.45, 2.75) is 45.3 Å². The van der Waals surface area contributed by atoms with Crippen LogP contribution in [0.25, 0.3) is 0 Å². The monoisotopic (exact) mass is 184 g/mol. The van der Waals surface area contributed by atoms with Crippen LogP contribution in [-0.2, 0) is 9.47 Å². The Bertz CT molecular complexity index is 163. The topological polar surface area (TPSA) is 18.5 Å². The van der Waals surface area contributed by atoms with Crippen LogP contribution in [0.5, 0.6) is 0 Å². The Morgan fingerprint density at radius 2 is 2.00 bits per heavy atom. The van der Waals surface area contributed by atoms with Gasteiger partial charge in [-0.25, -0.2) is 0 Å². The molecule has 1 saturated heterocycles. The number of hydrogen-bond acceptors (Lipinski definition) is 2. The Balaban J connectivity index is 1.87. The Morgan fingerprint density at radius 1 is 1.23 bits per heavy atom. The van der Waals surface area contributed by atoms with Gasteiger partial charge in [-0.3, -0.25) is 0 Å². The van der Waals surface area contributed by atoms with Crippen LogP contribution in [0.2, 0.25) is 0 Å². The van der Waals surface area contributed by atoms with Gasteiger partial charge in [-0.05, 0) is 25.2 Å². The fraction of sp³-hybridized carbons (Fsp3) is 1.00. The third-order valence-electron chi connectivity index (χ3n) is 3.08. The largest absolute Gasteiger partial charge is 0.381 e. The highest BCUT2D eigenvalue weighted by Gasteiger charge is 2.34. The Hall–Kier alpha value is -0.0800. The van der Waals surface area contributed by atoms with Gasteiger partial charge in [0.15, 0.2) is 0 Å². The molecule has 2 aliphatic rings. The summed E-state index contributed by atoms with van der Waals surface area (Å²) < 4.78 is 11.5. The minimum atomic E-state index is 0.473. The molecule has 76 valence electrons. The summed E-state index contributed by atoms with van der Waals surface area (Å²) in [4.78, 5) is 0. The highest BCUT2D eigenvalue weighted by Crippen LogP contribution is 2.32. The molecule has 13 heavy (non-hydrogen) atoms. The molecule has 2 heteroatoms. The minimum absolute atomic E-state index is 0.473. The van der Waals surface area contributed by atoms with Crippen LogP contribution in [0.4, 0.5) is 0 Å². The molecule has 2 atom stereocenters. The summed E-state index contributed by atoms with van der Waals surface area (Å²) in [5, 5.41) is 0. The van der Waals surface area contributed by atoms with E-state index in [1.54, 1.807) is 0 Å². The molecule has 0 aromatic rings. The molecule has 2 fully saturated rings. The van der Waals surface area contributed by atoms with Crippen LogP contribution in [-0.4, -0.2) is 25.4 Å². The summed E-state index contributed by atoms with van der Waals surface area (Å²) in [6.07, 6.45) is 4.72. The van der Waals surface area contributed by atoms with Crippen molar-refractivity contribution in [1.29, 1.82) is 0 Å². The van der Waals surface area contributed by atoms with Crippen molar-refractivity contribution < 1.29 is 9.47 Å². The molecule has 0 bridgehead atoms. The van der Waals surface area contributed by atoms with Gasteiger partial charge in [-0.2, -0.15) is 0 Å². The third kappa shape index (κ3) is 2.44. The maximum Gasteiger partial charge on any atom is 0.0653 e. The molecule has 1 aliphatic carbocycles. The molecule has 1 saturated carbocycles. The summed E-state index contributed by atoms with van der Waals surface area (Å²) in [5.74, 6) is 1.30. The first-order valence-electron chi connectivity index (χ1n) is 5.50. The average molecular weight is 184 g/mol. The lowest BCUT2D eigenvalue weighted by atomic mass is 9.88. The number of rotatable bonds is 3. The van der Waals surface area contributed by atoms with Crippen molar-refractivity contribution in [3.8, 4) is 0 Å². The van der Waals surface area contributed by atoms with Gasteiger partial charge in [0.05, 0.1) is 18.8 Å². The van der Waals surface area contributed by atoms with Crippen LogP contribution in [0.15, 0.2) is 0 Å². The van der Waals surface area contributed by atoms with E-state index in [1.807, 2.05) is 0 Å². The molecule has 0 amide bonds. The van der Waals surface area contributed by atoms with E-state index in [1.165, 1.54) is 12.8 Å². The first-order valence-corrected chi connectivity index (χ1v) is 5.50. The smallest absolute Gasteiger partial charge is 0.0653 e. The molecule has 1 heterocycles. The maximum absolute atomic E-state index is 6.00. The van der Waals surface area contributed by atoms with Gasteiger partial charge in [0.1, 0.15) is 0 Å². The van der Waals surface area contributed by atoms with Crippen molar-refractivity contribution >= 4 is 0 Å². The summed E-state index contributed by atoms with van der Waals surface area (Å²) in [5.41, 5.74) is 0. The van der Waals surface area contributed by atoms with Crippen molar-refractivity contribution in [2.24, 2.45) is 11.8 Å². The Labute approximate surface area is 80.6 Å². The molecule has 0 radical (unpaired) electrons. The van der Waals surface area contributed by atoms with E-state index in [9.17, 15) is 0 Å². The van der Waals surface area contributed by atoms with Crippen LogP contribution in [0.3, 0.4) is 0 Å². The van der Waals surface area contributed by atoms with E-state index in [0.29, 0.717) is 24.0 Å². The van der Waals surface area contributed by atoms with E-state index in [0.717, 1.165) is 19.6 Å². The molecule has 0 aromatic carbocycles. The molecule has 2 nitrogen and oxygen atoms in total. The van der Waals surface area contributed by atoms with Gasteiger partial charge in [0.2, 0.25) is 0 Å². The maximum atomic E-state index is 6.00. The van der Waals surface area contributed by atoms with Crippen LogP contribution in [0.1, 0.15) is 33.1 Å². The highest BCUT2D eigenvalue weighted by molar-refractivity contribution is 4.82. The zero-order chi connectivity index (χ0) is 9.26. The molecule has 0 aromatic heterocycles. The van der Waals surface area contributed by atoms with E-state index >= 15 is 0 Å². The summed E-state index contributed by atoms with van der Waals surface area (Å²) in [6.45, 7) is 6.32. The molecule has 2 unspecified atom stereocenters. The van der Waals surface area contributed by atoms with Gasteiger partial charge in [-0.15, -0.1) is 0 Å². The Kier molecular flexibility index (Phi) is 2.89. The quantitative estimate of drug-likeness (QED) is 0.669. The lowest BCUT2D eigenvalue weighted by Crippen LogP contribution is -2.37. The SMILES string of the molecule is CC(C)C1COCCC1OC1CC1. The molecule has 1 aliphatic heterocycles. The average Bonchev–Trinajstić information content (AvgIpc) is 2.89. The van der Waals surface area contributed by atoms with Gasteiger partial charge >= 0.3 is 0 Å². The van der Waals surface area contributed by atoms with E-state index in [-0.39, 0.29) is 0 Å². The zero-order valence-corrected chi connectivity index (χ0v) is 8.66. The summed E-state index contributed by atoms with van der Waals surface area (Å²) in [7, 11) is 0. The number of hydrogen-bond donors (Lipinski definition) is 0. The van der Waals surface area contributed by atoms with E-state index in [4.69, 9.17) is 9.47 Å². The van der Waals surface area contributed by atoms with Crippen LogP contribution >= 0.6 is 0 Å². The fourth-order valence-corrected chi connectivity index (χ4v) is 1.98. The molecule has 0 N–H and O–H groups in total. The normalized spacial score (nSPS) is 35.3. The van der Waals surface area contributed by atoms with E-state index < -0.39 is 0 Å². The summed E-state index contributed by atoms with van der Waals surface area (Å²) >= 11 is 0. The van der Waals surface area contributed by atoms with Crippen LogP contribution in [0, 0.1) is 11.8 Å². The minimum Gasteiger partial charge on any atom is -0.381 e. The second-order valence-corrected chi connectivity index (χ2v) is 4.65. The predicted octanol–water partition coefficient (Wildman–Crippen LogP) is 2.23. The van der Waals surface area contributed by atoms with E-state index in [2.05, 4.69) is 13.8 Å². The van der Waals surface area contributed by atoms with Gasteiger partial charge in [-0.1, -0.05) is 13.8 Å². The Morgan fingerprint density at radius 3 is 2.62 bits per heavy atom. The zero-order valence-electron chi connectivity index (χ0n) is 8.66. The van der Waals surface area contributed by atoms with Gasteiger partial charge in [0, 0.05) is 12.5 Å². The molecule has 2 rings (SSSR count). The second kappa shape index (κ2) is 3.97. The number of ether oxygens (including phenoxy) is 2. The lowest BCUT2D eigenvalue weighted by Gasteiger charge is -2.34. The van der Waals surface area contributed by atoms with Crippen LogP contribution < -0.4 is 0 Å². The summed E-state index contributed by atoms with van der Waals surface area (Å²) in [6, 6.07) is 0. The first kappa shape index (κ1) is 9.47. The van der Waals surface area contributed by atoms with Crippen molar-refractivity contribution in [3.05, 3.63) is 0 Å². The van der Waals surface area contributed by atoms with Gasteiger partial charge < -0.3 is 9.47 Å². The molecule has 0 spiro atoms. The fourth-order valence-electron chi connectivity index (χ4n) is 1.98. The van der Waals surface area contributed by atoms with Crippen molar-refractivity contribution in [2.75, 3.05) is 13.2 Å². The lowest BCUT2D eigenvalue weighted by molar-refractivity contribution is -0.0935. The first-order chi connectivity index (χ1) is 6.27. The van der Waals surface area contributed by atoms with Crippen molar-refractivity contribution in [3.63, 3.8) is 0 Å². The molecular weight excluding hydrogens is 164 g/mol. The molecular formula is C11H20O2. The highest BCUT2D eigenvalue weighted by atomic mass is 16.5. The predicted molar refractivity (Wildman–Crippen MR) is 51.7 cm³/mol. The standard InChI is InChI=1S/C11H20O2/c1-8(2)10-7-12-6-5-11(10)13-9-3-4-9/h8-11H,3-7H2,1-2H3.